The summed E-state index contributed by atoms with van der Waals surface area (Å²) in [5, 5.41) is 23.3. The third-order valence-corrected chi connectivity index (χ3v) is 7.17. The number of rotatable bonds is 8. The molecule has 2 heterocycles. The molecule has 3 amide bonds. The number of hydrogen-bond acceptors (Lipinski definition) is 8. The molecule has 0 unspecified atom stereocenters. The standard InChI is InChI=1S/C16H15N3O2.C16H16N2O3.2C2HF3O2/c17-16(21)13-2-1-12-5-8-19(14(12)10-13)15(20)9-11-3-6-18-7-4-11;17-10-12-5-4-6-13(9-12)16(21)18(11-15(19)20)14-7-2-1-3-8-14;2*3-2(4,5)1(6)7/h1-4,6-7,10H,5,8-9H2,(H2,17,21);1-9H,10-11,17H2,(H,19,20);2*(H,6,7). The fourth-order valence-electron chi connectivity index (χ4n) is 4.57. The summed E-state index contributed by atoms with van der Waals surface area (Å²) in [4.78, 5) is 72.0. The van der Waals surface area contributed by atoms with E-state index in [9.17, 15) is 45.5 Å². The van der Waals surface area contributed by atoms with Gasteiger partial charge in [0.2, 0.25) is 11.8 Å². The van der Waals surface area contributed by atoms with Crippen LogP contribution in [0.5, 0.6) is 0 Å². The van der Waals surface area contributed by atoms with Gasteiger partial charge in [-0.2, -0.15) is 26.3 Å². The van der Waals surface area contributed by atoms with E-state index < -0.39 is 42.7 Å². The summed E-state index contributed by atoms with van der Waals surface area (Å²) in [5.74, 6) is -7.41. The lowest BCUT2D eigenvalue weighted by Crippen LogP contribution is -2.35. The minimum absolute atomic E-state index is 0.0153. The number of halogens is 6. The van der Waals surface area contributed by atoms with E-state index in [1.165, 1.54) is 4.90 Å². The molecule has 7 N–H and O–H groups in total. The maximum Gasteiger partial charge on any atom is 0.490 e. The van der Waals surface area contributed by atoms with Crippen molar-refractivity contribution in [2.45, 2.75) is 31.7 Å². The monoisotopic (exact) mass is 793 g/mol. The Labute approximate surface area is 313 Å². The highest BCUT2D eigenvalue weighted by molar-refractivity contribution is 6.08. The van der Waals surface area contributed by atoms with Crippen molar-refractivity contribution in [1.29, 1.82) is 0 Å². The first kappa shape index (κ1) is 45.3. The number of alkyl halides is 6. The molecule has 14 nitrogen and oxygen atoms in total. The fourth-order valence-corrected chi connectivity index (χ4v) is 4.57. The van der Waals surface area contributed by atoms with Crippen molar-refractivity contribution in [3.05, 3.63) is 125 Å². The van der Waals surface area contributed by atoms with Gasteiger partial charge in [-0.3, -0.25) is 29.1 Å². The first-order valence-electron chi connectivity index (χ1n) is 15.8. The van der Waals surface area contributed by atoms with E-state index in [2.05, 4.69) is 4.98 Å². The number of benzene rings is 3. The molecule has 0 radical (unpaired) electrons. The van der Waals surface area contributed by atoms with Crippen LogP contribution in [0.3, 0.4) is 0 Å². The number of nitrogens with zero attached hydrogens (tertiary/aromatic N) is 3. The van der Waals surface area contributed by atoms with E-state index in [1.807, 2.05) is 30.3 Å². The Hall–Kier alpha value is -6.83. The molecule has 0 saturated carbocycles. The van der Waals surface area contributed by atoms with Crippen LogP contribution >= 0.6 is 0 Å². The van der Waals surface area contributed by atoms with Crippen molar-refractivity contribution >= 4 is 47.0 Å². The van der Waals surface area contributed by atoms with Gasteiger partial charge in [0.25, 0.3) is 5.91 Å². The summed E-state index contributed by atoms with van der Waals surface area (Å²) in [6, 6.07) is 24.6. The van der Waals surface area contributed by atoms with E-state index in [0.717, 1.165) is 28.8 Å². The van der Waals surface area contributed by atoms with Crippen LogP contribution < -0.4 is 21.3 Å². The second kappa shape index (κ2) is 20.6. The zero-order chi connectivity index (χ0) is 42.2. The molecule has 56 heavy (non-hydrogen) atoms. The molecule has 20 heteroatoms. The maximum absolute atomic E-state index is 12.6. The van der Waals surface area contributed by atoms with Crippen LogP contribution in [0.2, 0.25) is 0 Å². The zero-order valence-electron chi connectivity index (χ0n) is 28.8. The van der Waals surface area contributed by atoms with Gasteiger partial charge in [-0.1, -0.05) is 36.4 Å². The number of anilines is 2. The smallest absolute Gasteiger partial charge is 0.480 e. The third-order valence-electron chi connectivity index (χ3n) is 7.17. The molecule has 0 aliphatic carbocycles. The topological polar surface area (TPSA) is 235 Å². The number of fused-ring (bicyclic) bond motifs is 1. The lowest BCUT2D eigenvalue weighted by molar-refractivity contribution is -0.193. The lowest BCUT2D eigenvalue weighted by atomic mass is 10.1. The molecule has 0 fully saturated rings. The molecular weight excluding hydrogens is 760 g/mol. The highest BCUT2D eigenvalue weighted by Gasteiger charge is 2.39. The Bertz CT molecular complexity index is 1970. The number of carboxylic acids is 3. The number of nitrogens with two attached hydrogens (primary N) is 2. The predicted octanol–water partition coefficient (Wildman–Crippen LogP) is 4.46. The summed E-state index contributed by atoms with van der Waals surface area (Å²) in [7, 11) is 0. The van der Waals surface area contributed by atoms with Crippen LogP contribution in [0.1, 0.15) is 37.4 Å². The van der Waals surface area contributed by atoms with E-state index in [4.69, 9.17) is 36.4 Å². The van der Waals surface area contributed by atoms with Crippen molar-refractivity contribution in [3.8, 4) is 0 Å². The number of amides is 3. The average Bonchev–Trinajstić information content (AvgIpc) is 3.58. The Morgan fingerprint density at radius 2 is 1.30 bits per heavy atom. The Morgan fingerprint density at radius 3 is 1.80 bits per heavy atom. The number of carbonyl (C=O) groups is 6. The number of hydrogen-bond donors (Lipinski definition) is 5. The van der Waals surface area contributed by atoms with Crippen LogP contribution in [-0.4, -0.2) is 81.4 Å². The number of pyridine rings is 1. The van der Waals surface area contributed by atoms with E-state index >= 15 is 0 Å². The number of carboxylic acid groups (broad SMARTS) is 3. The molecule has 1 aliphatic heterocycles. The molecule has 1 aromatic heterocycles. The summed E-state index contributed by atoms with van der Waals surface area (Å²) < 4.78 is 63.5. The van der Waals surface area contributed by atoms with Crippen molar-refractivity contribution in [1.82, 2.24) is 4.98 Å². The van der Waals surface area contributed by atoms with Crippen molar-refractivity contribution < 1.29 is 70.4 Å². The van der Waals surface area contributed by atoms with Gasteiger partial charge in [0.05, 0.1) is 6.42 Å². The second-order valence-electron chi connectivity index (χ2n) is 11.2. The van der Waals surface area contributed by atoms with Gasteiger partial charge in [0.1, 0.15) is 6.54 Å². The van der Waals surface area contributed by atoms with Gasteiger partial charge in [0.15, 0.2) is 0 Å². The van der Waals surface area contributed by atoms with Gasteiger partial charge in [0, 0.05) is 48.0 Å². The second-order valence-corrected chi connectivity index (χ2v) is 11.2. The first-order valence-corrected chi connectivity index (χ1v) is 15.8. The van der Waals surface area contributed by atoms with Crippen molar-refractivity contribution in [2.24, 2.45) is 11.5 Å². The lowest BCUT2D eigenvalue weighted by Gasteiger charge is -2.21. The van der Waals surface area contributed by atoms with Crippen molar-refractivity contribution in [2.75, 3.05) is 22.9 Å². The number of carbonyl (C=O) groups excluding carboxylic acids is 3. The minimum atomic E-state index is -5.08. The highest BCUT2D eigenvalue weighted by Crippen LogP contribution is 2.29. The van der Waals surface area contributed by atoms with Crippen LogP contribution in [0.4, 0.5) is 37.7 Å². The zero-order valence-corrected chi connectivity index (χ0v) is 28.8. The number of aromatic nitrogens is 1. The van der Waals surface area contributed by atoms with Crippen LogP contribution in [-0.2, 0) is 38.6 Å². The molecule has 0 bridgehead atoms. The number of primary amides is 1. The number of para-hydroxylation sites is 1. The van der Waals surface area contributed by atoms with Gasteiger partial charge in [-0.05, 0) is 71.6 Å². The van der Waals surface area contributed by atoms with Gasteiger partial charge < -0.3 is 31.7 Å². The van der Waals surface area contributed by atoms with Crippen molar-refractivity contribution in [3.63, 3.8) is 0 Å². The first-order chi connectivity index (χ1) is 26.1. The van der Waals surface area contributed by atoms with Gasteiger partial charge in [-0.25, -0.2) is 9.59 Å². The maximum atomic E-state index is 12.6. The normalized spacial score (nSPS) is 11.5. The largest absolute Gasteiger partial charge is 0.490 e. The molecule has 4 aromatic rings. The van der Waals surface area contributed by atoms with Crippen LogP contribution in [0.15, 0.2) is 97.3 Å². The number of aliphatic carboxylic acids is 3. The minimum Gasteiger partial charge on any atom is -0.480 e. The quantitative estimate of drug-likeness (QED) is 0.156. The molecule has 0 saturated heterocycles. The summed E-state index contributed by atoms with van der Waals surface area (Å²) in [6.45, 7) is 0.572. The van der Waals surface area contributed by atoms with Crippen LogP contribution in [0, 0.1) is 0 Å². The summed E-state index contributed by atoms with van der Waals surface area (Å²) in [5.41, 5.74) is 15.9. The van der Waals surface area contributed by atoms with Gasteiger partial charge in [-0.15, -0.1) is 0 Å². The van der Waals surface area contributed by atoms with E-state index in [1.54, 1.807) is 71.9 Å². The molecule has 0 atom stereocenters. The summed E-state index contributed by atoms with van der Waals surface area (Å²) >= 11 is 0. The molecule has 298 valence electrons. The molecule has 0 spiro atoms. The Balaban J connectivity index is 0.000000291. The third kappa shape index (κ3) is 14.5. The molecule has 1 aliphatic rings. The molecular formula is C36H33F6N5O9. The van der Waals surface area contributed by atoms with E-state index in [-0.39, 0.29) is 11.8 Å². The van der Waals surface area contributed by atoms with Crippen LogP contribution in [0.25, 0.3) is 0 Å². The Morgan fingerprint density at radius 1 is 0.732 bits per heavy atom. The molecule has 3 aromatic carbocycles. The summed E-state index contributed by atoms with van der Waals surface area (Å²) in [6.07, 6.45) is -5.70. The average molecular weight is 794 g/mol. The SMILES string of the molecule is NC(=O)c1ccc2c(c1)N(C(=O)Cc1ccncc1)CC2.NCc1cccc(C(=O)N(CC(=O)O)c2ccccc2)c1.O=C(O)C(F)(F)F.O=C(O)C(F)(F)F. The fraction of sp³-hybridized carbons (Fsp3) is 0.194. The van der Waals surface area contributed by atoms with E-state index in [0.29, 0.717) is 36.3 Å². The van der Waals surface area contributed by atoms with Gasteiger partial charge >= 0.3 is 30.3 Å². The molecule has 5 rings (SSSR count). The highest BCUT2D eigenvalue weighted by atomic mass is 19.4. The Kier molecular flexibility index (Phi) is 16.7. The predicted molar refractivity (Wildman–Crippen MR) is 186 cm³/mol.